The summed E-state index contributed by atoms with van der Waals surface area (Å²) in [6.07, 6.45) is -4.03. The third-order valence-corrected chi connectivity index (χ3v) is 3.56. The topological polar surface area (TPSA) is 37.8 Å². The Balaban J connectivity index is 2.16. The Bertz CT molecular complexity index is 668. The van der Waals surface area contributed by atoms with Crippen LogP contribution in [-0.2, 0) is 19.1 Å². The van der Waals surface area contributed by atoms with Crippen molar-refractivity contribution in [2.75, 3.05) is 6.54 Å². The van der Waals surface area contributed by atoms with Gasteiger partial charge in [0.05, 0.1) is 5.69 Å². The molecule has 7 heteroatoms. The molecule has 1 N–H and O–H groups in total. The SMILES string of the molecule is FC(F)(F)c1nc(-c2ccc(Cl)cc2)nc2c1CNCC2. The molecular formula is C14H11ClF3N3. The van der Waals surface area contributed by atoms with Gasteiger partial charge in [0.1, 0.15) is 0 Å². The predicted molar refractivity (Wildman–Crippen MR) is 72.9 cm³/mol. The Morgan fingerprint density at radius 1 is 1.10 bits per heavy atom. The lowest BCUT2D eigenvalue weighted by Crippen LogP contribution is -2.29. The summed E-state index contributed by atoms with van der Waals surface area (Å²) >= 11 is 5.79. The van der Waals surface area contributed by atoms with E-state index in [1.54, 1.807) is 24.3 Å². The number of aromatic nitrogens is 2. The highest BCUT2D eigenvalue weighted by Gasteiger charge is 2.38. The molecule has 3 rings (SSSR count). The van der Waals surface area contributed by atoms with Crippen LogP contribution in [0.4, 0.5) is 13.2 Å². The zero-order chi connectivity index (χ0) is 15.0. The maximum Gasteiger partial charge on any atom is 0.433 e. The van der Waals surface area contributed by atoms with Crippen LogP contribution < -0.4 is 5.32 Å². The van der Waals surface area contributed by atoms with Gasteiger partial charge in [0.25, 0.3) is 0 Å². The van der Waals surface area contributed by atoms with Crippen LogP contribution in [0, 0.1) is 0 Å². The molecule has 3 nitrogen and oxygen atoms in total. The van der Waals surface area contributed by atoms with Crippen LogP contribution in [0.2, 0.25) is 5.02 Å². The first-order valence-electron chi connectivity index (χ1n) is 6.39. The van der Waals surface area contributed by atoms with Crippen molar-refractivity contribution in [3.05, 3.63) is 46.2 Å². The number of nitrogens with zero attached hydrogens (tertiary/aromatic N) is 2. The molecule has 0 saturated carbocycles. The van der Waals surface area contributed by atoms with E-state index in [2.05, 4.69) is 15.3 Å². The van der Waals surface area contributed by atoms with Crippen LogP contribution in [0.1, 0.15) is 17.0 Å². The first-order chi connectivity index (χ1) is 9.95. The van der Waals surface area contributed by atoms with E-state index in [-0.39, 0.29) is 17.9 Å². The van der Waals surface area contributed by atoms with Gasteiger partial charge in [0.2, 0.25) is 0 Å². The normalized spacial score (nSPS) is 14.9. The Morgan fingerprint density at radius 2 is 1.81 bits per heavy atom. The first kappa shape index (κ1) is 14.3. The number of hydrogen-bond acceptors (Lipinski definition) is 3. The number of fused-ring (bicyclic) bond motifs is 1. The van der Waals surface area contributed by atoms with Crippen molar-refractivity contribution in [3.8, 4) is 11.4 Å². The summed E-state index contributed by atoms with van der Waals surface area (Å²) in [6, 6.07) is 6.44. The van der Waals surface area contributed by atoms with E-state index in [0.29, 0.717) is 29.2 Å². The molecule has 1 aliphatic rings. The molecule has 110 valence electrons. The van der Waals surface area contributed by atoms with Gasteiger partial charge in [-0.2, -0.15) is 13.2 Å². The van der Waals surface area contributed by atoms with Crippen molar-refractivity contribution >= 4 is 11.6 Å². The molecule has 0 amide bonds. The van der Waals surface area contributed by atoms with Crippen LogP contribution in [-0.4, -0.2) is 16.5 Å². The van der Waals surface area contributed by atoms with Crippen molar-refractivity contribution in [2.45, 2.75) is 19.1 Å². The van der Waals surface area contributed by atoms with Crippen LogP contribution in [0.25, 0.3) is 11.4 Å². The molecule has 2 heterocycles. The highest BCUT2D eigenvalue weighted by Crippen LogP contribution is 2.34. The first-order valence-corrected chi connectivity index (χ1v) is 6.76. The third kappa shape index (κ3) is 2.87. The number of hydrogen-bond donors (Lipinski definition) is 1. The second kappa shape index (κ2) is 5.27. The summed E-state index contributed by atoms with van der Waals surface area (Å²) in [6.45, 7) is 0.756. The largest absolute Gasteiger partial charge is 0.433 e. The summed E-state index contributed by atoms with van der Waals surface area (Å²) in [4.78, 5) is 8.03. The highest BCUT2D eigenvalue weighted by molar-refractivity contribution is 6.30. The van der Waals surface area contributed by atoms with Gasteiger partial charge in [0, 0.05) is 35.7 Å². The second-order valence-corrected chi connectivity index (χ2v) is 5.19. The molecule has 1 aromatic heterocycles. The van der Waals surface area contributed by atoms with Crippen molar-refractivity contribution in [1.82, 2.24) is 15.3 Å². The fraction of sp³-hybridized carbons (Fsp3) is 0.286. The molecule has 0 fully saturated rings. The Labute approximate surface area is 124 Å². The molecular weight excluding hydrogens is 303 g/mol. The van der Waals surface area contributed by atoms with Crippen LogP contribution in [0.5, 0.6) is 0 Å². The van der Waals surface area contributed by atoms with Gasteiger partial charge in [-0.1, -0.05) is 11.6 Å². The summed E-state index contributed by atoms with van der Waals surface area (Å²) < 4.78 is 39.6. The molecule has 0 bridgehead atoms. The van der Waals surface area contributed by atoms with E-state index in [9.17, 15) is 13.2 Å². The van der Waals surface area contributed by atoms with Crippen molar-refractivity contribution in [2.24, 2.45) is 0 Å². The fourth-order valence-corrected chi connectivity index (χ4v) is 2.43. The summed E-state index contributed by atoms with van der Waals surface area (Å²) in [5.74, 6) is 0.0830. The molecule has 21 heavy (non-hydrogen) atoms. The lowest BCUT2D eigenvalue weighted by molar-refractivity contribution is -0.142. The van der Waals surface area contributed by atoms with Gasteiger partial charge in [-0.25, -0.2) is 9.97 Å². The Kier molecular flexibility index (Phi) is 3.59. The predicted octanol–water partition coefficient (Wildman–Crippen LogP) is 3.46. The standard InChI is InChI=1S/C14H11ClF3N3/c15-9-3-1-8(2-4-9)13-20-11-5-6-19-7-10(11)12(21-13)14(16,17)18/h1-4,19H,5-7H2. The Hall–Kier alpha value is -1.66. The summed E-state index contributed by atoms with van der Waals surface area (Å²) in [5, 5.41) is 3.43. The minimum Gasteiger partial charge on any atom is -0.312 e. The summed E-state index contributed by atoms with van der Waals surface area (Å²) in [5.41, 5.74) is 0.267. The van der Waals surface area contributed by atoms with E-state index in [1.165, 1.54) is 0 Å². The van der Waals surface area contributed by atoms with E-state index < -0.39 is 11.9 Å². The summed E-state index contributed by atoms with van der Waals surface area (Å²) in [7, 11) is 0. The van der Waals surface area contributed by atoms with Crippen molar-refractivity contribution < 1.29 is 13.2 Å². The number of benzene rings is 1. The second-order valence-electron chi connectivity index (χ2n) is 4.75. The molecule has 0 spiro atoms. The van der Waals surface area contributed by atoms with E-state index >= 15 is 0 Å². The van der Waals surface area contributed by atoms with Gasteiger partial charge in [-0.05, 0) is 24.3 Å². The Morgan fingerprint density at radius 3 is 2.48 bits per heavy atom. The van der Waals surface area contributed by atoms with Gasteiger partial charge < -0.3 is 5.32 Å². The van der Waals surface area contributed by atoms with Gasteiger partial charge in [-0.3, -0.25) is 0 Å². The smallest absolute Gasteiger partial charge is 0.312 e. The molecule has 1 aliphatic heterocycles. The van der Waals surface area contributed by atoms with Crippen molar-refractivity contribution in [1.29, 1.82) is 0 Å². The van der Waals surface area contributed by atoms with Crippen LogP contribution in [0.15, 0.2) is 24.3 Å². The molecule has 0 aliphatic carbocycles. The lowest BCUT2D eigenvalue weighted by Gasteiger charge is -2.21. The lowest BCUT2D eigenvalue weighted by atomic mass is 10.0. The average molecular weight is 314 g/mol. The molecule has 0 atom stereocenters. The van der Waals surface area contributed by atoms with Crippen molar-refractivity contribution in [3.63, 3.8) is 0 Å². The van der Waals surface area contributed by atoms with E-state index in [1.807, 2.05) is 0 Å². The van der Waals surface area contributed by atoms with Gasteiger partial charge in [0.15, 0.2) is 11.5 Å². The maximum atomic E-state index is 13.2. The zero-order valence-electron chi connectivity index (χ0n) is 10.8. The zero-order valence-corrected chi connectivity index (χ0v) is 11.6. The molecule has 0 unspecified atom stereocenters. The minimum atomic E-state index is -4.49. The van der Waals surface area contributed by atoms with Crippen LogP contribution >= 0.6 is 11.6 Å². The average Bonchev–Trinajstić information content (AvgIpc) is 2.46. The quantitative estimate of drug-likeness (QED) is 0.876. The molecule has 0 radical (unpaired) electrons. The molecule has 1 aromatic carbocycles. The third-order valence-electron chi connectivity index (χ3n) is 3.30. The van der Waals surface area contributed by atoms with E-state index in [4.69, 9.17) is 11.6 Å². The number of rotatable bonds is 1. The minimum absolute atomic E-state index is 0.0830. The monoisotopic (exact) mass is 313 g/mol. The number of alkyl halides is 3. The number of nitrogens with one attached hydrogen (secondary N) is 1. The number of halogens is 4. The maximum absolute atomic E-state index is 13.2. The highest BCUT2D eigenvalue weighted by atomic mass is 35.5. The van der Waals surface area contributed by atoms with E-state index in [0.717, 1.165) is 0 Å². The molecule has 2 aromatic rings. The van der Waals surface area contributed by atoms with Gasteiger partial charge in [-0.15, -0.1) is 0 Å². The van der Waals surface area contributed by atoms with Crippen LogP contribution in [0.3, 0.4) is 0 Å². The van der Waals surface area contributed by atoms with Gasteiger partial charge >= 0.3 is 6.18 Å². The molecule has 0 saturated heterocycles. The fourth-order valence-electron chi connectivity index (χ4n) is 2.31.